The Labute approximate surface area is 335 Å². The molecule has 3 aromatic rings. The predicted molar refractivity (Wildman–Crippen MR) is 208 cm³/mol. The highest BCUT2D eigenvalue weighted by atomic mass is 19.4. The summed E-state index contributed by atoms with van der Waals surface area (Å²) in [7, 11) is 0. The third kappa shape index (κ3) is 10.9. The van der Waals surface area contributed by atoms with Crippen LogP contribution in [0, 0.1) is 11.8 Å². The lowest BCUT2D eigenvalue weighted by Gasteiger charge is -2.38. The van der Waals surface area contributed by atoms with Crippen molar-refractivity contribution in [3.63, 3.8) is 0 Å². The van der Waals surface area contributed by atoms with Crippen molar-refractivity contribution in [1.29, 1.82) is 0 Å². The minimum Gasteiger partial charge on any atom is -0.479 e. The second kappa shape index (κ2) is 20.6. The average Bonchev–Trinajstić information content (AvgIpc) is 3.22. The summed E-state index contributed by atoms with van der Waals surface area (Å²) in [4.78, 5) is 65.8. The number of aliphatic hydroxyl groups is 2. The summed E-state index contributed by atoms with van der Waals surface area (Å²) in [6, 6.07) is 18.7. The lowest BCUT2D eigenvalue weighted by atomic mass is 9.73. The van der Waals surface area contributed by atoms with Crippen LogP contribution in [0.25, 0.3) is 0 Å². The Morgan fingerprint density at radius 2 is 1.22 bits per heavy atom. The minimum absolute atomic E-state index is 0. The molecular weight excluding hydrogens is 761 g/mol. The molecule has 1 amide bonds. The van der Waals surface area contributed by atoms with E-state index >= 15 is 0 Å². The molecule has 3 unspecified atom stereocenters. The Morgan fingerprint density at radius 1 is 0.741 bits per heavy atom. The Morgan fingerprint density at radius 3 is 1.66 bits per heavy atom. The number of amides is 1. The van der Waals surface area contributed by atoms with Gasteiger partial charge in [-0.25, -0.2) is 9.59 Å². The summed E-state index contributed by atoms with van der Waals surface area (Å²) in [5, 5.41) is 39.9. The molecule has 5 rings (SSSR count). The lowest BCUT2D eigenvalue weighted by molar-refractivity contribution is -0.187. The number of rotatable bonds is 14. The number of carbonyl (C=O) groups is 5. The third-order valence-electron chi connectivity index (χ3n) is 11.1. The number of carboxylic acid groups (broad SMARTS) is 2. The van der Waals surface area contributed by atoms with E-state index in [1.807, 2.05) is 0 Å². The van der Waals surface area contributed by atoms with Crippen LogP contribution in [0.4, 0.5) is 13.2 Å². The van der Waals surface area contributed by atoms with Crippen LogP contribution in [0.2, 0.25) is 0 Å². The highest BCUT2D eigenvalue weighted by Crippen LogP contribution is 2.33. The van der Waals surface area contributed by atoms with E-state index in [1.54, 1.807) is 6.07 Å². The molecule has 0 radical (unpaired) electrons. The Kier molecular flexibility index (Phi) is 16.9. The summed E-state index contributed by atoms with van der Waals surface area (Å²) in [6.45, 7) is 7.73. The van der Waals surface area contributed by atoms with Crippen LogP contribution in [0.15, 0.2) is 84.9 Å². The van der Waals surface area contributed by atoms with Gasteiger partial charge in [0.15, 0.2) is 0 Å². The summed E-state index contributed by atoms with van der Waals surface area (Å²) in [5.74, 6) is -6.88. The minimum atomic E-state index is -4.30. The van der Waals surface area contributed by atoms with E-state index in [0.717, 1.165) is 87.8 Å². The average molecular weight is 815 g/mol. The van der Waals surface area contributed by atoms with Crippen LogP contribution < -0.4 is 0 Å². The maximum absolute atomic E-state index is 13.0. The van der Waals surface area contributed by atoms with Gasteiger partial charge in [-0.05, 0) is 63.1 Å². The molecule has 3 aromatic carbocycles. The molecule has 1 saturated carbocycles. The third-order valence-corrected chi connectivity index (χ3v) is 11.1. The van der Waals surface area contributed by atoms with E-state index in [1.165, 1.54) is 67.8 Å². The first-order valence-corrected chi connectivity index (χ1v) is 19.2. The van der Waals surface area contributed by atoms with Gasteiger partial charge in [0.05, 0.1) is 5.56 Å². The molecule has 12 nitrogen and oxygen atoms in total. The molecule has 2 fully saturated rings. The molecule has 58 heavy (non-hydrogen) atoms. The highest BCUT2D eigenvalue weighted by Gasteiger charge is 2.69. The number of nitrogens with zero attached hydrogens (tertiary/aromatic N) is 2. The van der Waals surface area contributed by atoms with Crippen LogP contribution >= 0.6 is 0 Å². The Bertz CT molecular complexity index is 1770. The standard InChI is InChI=1S/C25H37F3N2O.C18H14O8.H2O/c1-3-29(19(2)16-21-8-7-11-23(17-21)25(26,27)28)18-20-12-14-30(15-13-20)24(31)22-9-5-4-6-10-22;19-13(11-7-3-1-4-8-11)17(25,15(21)22)18(26,16(23)24)14(20)12-9-5-2-6-10-12;/h7-8,11,17,19-20,22H,3-6,9-10,12-16,18H2,1-2H3;1-10,25-26H,(H,21,22)(H,23,24);1H2. The van der Waals surface area contributed by atoms with Gasteiger partial charge in [-0.1, -0.05) is 105 Å². The van der Waals surface area contributed by atoms with Crippen molar-refractivity contribution >= 4 is 29.4 Å². The first-order valence-electron chi connectivity index (χ1n) is 19.2. The number of Topliss-reactive ketones (excluding diaryl/α,β-unsaturated/α-hetero) is 2. The number of halogens is 3. The number of hydrogen-bond acceptors (Lipinski definition) is 8. The van der Waals surface area contributed by atoms with Gasteiger partial charge >= 0.3 is 18.1 Å². The number of benzene rings is 3. The largest absolute Gasteiger partial charge is 0.479 e. The van der Waals surface area contributed by atoms with Crippen molar-refractivity contribution in [2.45, 2.75) is 88.6 Å². The highest BCUT2D eigenvalue weighted by molar-refractivity contribution is 6.28. The van der Waals surface area contributed by atoms with Crippen molar-refractivity contribution in [1.82, 2.24) is 9.80 Å². The normalized spacial score (nSPS) is 17.7. The molecule has 1 aliphatic carbocycles. The molecular formula is C43H53F3N2O10. The van der Waals surface area contributed by atoms with E-state index in [4.69, 9.17) is 0 Å². The number of likely N-dealkylation sites (N-methyl/N-ethyl adjacent to an activating group) is 1. The molecule has 0 aromatic heterocycles. The molecule has 0 spiro atoms. The van der Waals surface area contributed by atoms with Crippen molar-refractivity contribution < 1.29 is 63.0 Å². The van der Waals surface area contributed by atoms with Crippen LogP contribution in [0.1, 0.15) is 90.6 Å². The Hall–Kier alpha value is -4.96. The van der Waals surface area contributed by atoms with E-state index in [2.05, 4.69) is 23.6 Å². The fraction of sp³-hybridized carbons (Fsp3) is 0.465. The zero-order chi connectivity index (χ0) is 42.0. The van der Waals surface area contributed by atoms with Crippen molar-refractivity contribution in [3.8, 4) is 0 Å². The first kappa shape index (κ1) is 47.4. The van der Waals surface area contributed by atoms with Gasteiger partial charge in [-0.3, -0.25) is 14.4 Å². The van der Waals surface area contributed by atoms with Gasteiger partial charge in [-0.2, -0.15) is 13.2 Å². The topological polar surface area (TPSA) is 204 Å². The zero-order valence-corrected chi connectivity index (χ0v) is 32.7. The molecule has 3 atom stereocenters. The van der Waals surface area contributed by atoms with Gasteiger partial charge in [0.25, 0.3) is 11.2 Å². The van der Waals surface area contributed by atoms with Crippen LogP contribution in [0.5, 0.6) is 0 Å². The van der Waals surface area contributed by atoms with Gasteiger partial charge in [0.2, 0.25) is 17.5 Å². The number of aliphatic carboxylic acids is 2. The van der Waals surface area contributed by atoms with E-state index in [-0.39, 0.29) is 17.4 Å². The molecule has 2 aliphatic rings. The molecule has 1 heterocycles. The Balaban J connectivity index is 0.000000310. The van der Waals surface area contributed by atoms with Gasteiger partial charge in [-0.15, -0.1) is 0 Å². The van der Waals surface area contributed by atoms with Crippen molar-refractivity contribution in [2.75, 3.05) is 26.2 Å². The molecule has 316 valence electrons. The van der Waals surface area contributed by atoms with Crippen LogP contribution in [-0.2, 0) is 27.0 Å². The first-order chi connectivity index (χ1) is 26.9. The maximum Gasteiger partial charge on any atom is 0.416 e. The fourth-order valence-corrected chi connectivity index (χ4v) is 7.67. The number of carboxylic acids is 2. The monoisotopic (exact) mass is 814 g/mol. The van der Waals surface area contributed by atoms with Gasteiger partial charge in [0.1, 0.15) is 0 Å². The maximum atomic E-state index is 13.0. The molecule has 0 bridgehead atoms. The summed E-state index contributed by atoms with van der Waals surface area (Å²) in [6.07, 6.45) is 4.08. The summed E-state index contributed by atoms with van der Waals surface area (Å²) < 4.78 is 39.0. The molecule has 6 N–H and O–H groups in total. The number of ketones is 2. The number of alkyl halides is 3. The molecule has 1 saturated heterocycles. The van der Waals surface area contributed by atoms with Crippen LogP contribution in [0.3, 0.4) is 0 Å². The summed E-state index contributed by atoms with van der Waals surface area (Å²) in [5.41, 5.74) is -8.53. The predicted octanol–water partition coefficient (Wildman–Crippen LogP) is 5.34. The van der Waals surface area contributed by atoms with Crippen molar-refractivity contribution in [3.05, 3.63) is 107 Å². The van der Waals surface area contributed by atoms with Crippen LogP contribution in [-0.4, -0.2) is 109 Å². The van der Waals surface area contributed by atoms with Gasteiger partial charge in [0, 0.05) is 42.7 Å². The quantitative estimate of drug-likeness (QED) is 0.122. The summed E-state index contributed by atoms with van der Waals surface area (Å²) >= 11 is 0. The molecule has 1 aliphatic heterocycles. The van der Waals surface area contributed by atoms with Crippen molar-refractivity contribution in [2.24, 2.45) is 11.8 Å². The second-order valence-corrected chi connectivity index (χ2v) is 14.9. The van der Waals surface area contributed by atoms with Gasteiger partial charge < -0.3 is 35.7 Å². The molecule has 15 heteroatoms. The van der Waals surface area contributed by atoms with E-state index < -0.39 is 57.6 Å². The number of hydrogen-bond donors (Lipinski definition) is 4. The fourth-order valence-electron chi connectivity index (χ4n) is 7.67. The zero-order valence-electron chi connectivity index (χ0n) is 32.7. The SMILES string of the molecule is CCN(CC1CCN(C(=O)C2CCCCC2)CC1)C(C)Cc1cccc(C(F)(F)F)c1.O.O=C(O)C(O)(C(=O)c1ccccc1)C(O)(C(=O)O)C(=O)c1ccccc1. The second-order valence-electron chi connectivity index (χ2n) is 14.9. The number of likely N-dealkylation sites (tertiary alicyclic amines) is 1. The number of piperidine rings is 1. The van der Waals surface area contributed by atoms with E-state index in [0.29, 0.717) is 18.2 Å². The number of carbonyl (C=O) groups excluding carboxylic acids is 3. The van der Waals surface area contributed by atoms with E-state index in [9.17, 15) is 57.6 Å². The smallest absolute Gasteiger partial charge is 0.416 e. The lowest BCUT2D eigenvalue weighted by Crippen LogP contribution is -2.71.